The minimum Gasteiger partial charge on any atom is -0.495 e. The Balaban J connectivity index is 2.37. The molecule has 0 spiro atoms. The van der Waals surface area contributed by atoms with Gasteiger partial charge in [0.05, 0.1) is 23.4 Å². The van der Waals surface area contributed by atoms with Gasteiger partial charge in [-0.05, 0) is 42.8 Å². The Bertz CT molecular complexity index is 1000. The number of hydrogen-bond donors (Lipinski definition) is 3. The topological polar surface area (TPSA) is 114 Å². The summed E-state index contributed by atoms with van der Waals surface area (Å²) < 4.78 is 33.3. The second-order valence-corrected chi connectivity index (χ2v) is 7.71. The molecular weight excluding hydrogens is 382 g/mol. The number of carbonyl (C=O) groups excluding carboxylic acids is 2. The van der Waals surface area contributed by atoms with Crippen LogP contribution in [0.2, 0.25) is 0 Å². The fourth-order valence-electron chi connectivity index (χ4n) is 2.47. The van der Waals surface area contributed by atoms with Crippen molar-refractivity contribution in [3.05, 3.63) is 42.0 Å². The van der Waals surface area contributed by atoms with Gasteiger partial charge in [-0.1, -0.05) is 13.0 Å². The smallest absolute Gasteiger partial charge is 0.261 e. The molecule has 0 atom stereocenters. The van der Waals surface area contributed by atoms with E-state index in [-0.39, 0.29) is 22.4 Å². The number of ether oxygens (including phenoxy) is 1. The standard InChI is InChI=1S/C19H23N3O5S/c1-5-19(24)21-15-7-6-8-16(12(15)2)22-28(25,26)14-9-10-18(27-4)17(11-14)20-13(3)23/h6-11,22H,5H2,1-4H3,(H,20,23)(H,21,24). The maximum Gasteiger partial charge on any atom is 0.261 e. The van der Waals surface area contributed by atoms with Gasteiger partial charge in [0.2, 0.25) is 11.8 Å². The maximum atomic E-state index is 12.8. The summed E-state index contributed by atoms with van der Waals surface area (Å²) in [5, 5.41) is 5.28. The molecule has 3 N–H and O–H groups in total. The third-order valence-corrected chi connectivity index (χ3v) is 5.33. The van der Waals surface area contributed by atoms with Crippen molar-refractivity contribution in [1.82, 2.24) is 0 Å². The third kappa shape index (κ3) is 5.01. The van der Waals surface area contributed by atoms with Crippen molar-refractivity contribution in [1.29, 1.82) is 0 Å². The van der Waals surface area contributed by atoms with Gasteiger partial charge in [0, 0.05) is 19.0 Å². The predicted octanol–water partition coefficient (Wildman–Crippen LogP) is 3.11. The van der Waals surface area contributed by atoms with Crippen LogP contribution in [0.25, 0.3) is 0 Å². The number of benzene rings is 2. The molecule has 0 aliphatic carbocycles. The molecule has 0 aromatic heterocycles. The maximum absolute atomic E-state index is 12.8. The number of sulfonamides is 1. The Labute approximate surface area is 164 Å². The highest BCUT2D eigenvalue weighted by molar-refractivity contribution is 7.92. The number of hydrogen-bond acceptors (Lipinski definition) is 5. The lowest BCUT2D eigenvalue weighted by atomic mass is 10.1. The summed E-state index contributed by atoms with van der Waals surface area (Å²) >= 11 is 0. The van der Waals surface area contributed by atoms with Crippen LogP contribution in [0.1, 0.15) is 25.8 Å². The highest BCUT2D eigenvalue weighted by atomic mass is 32.2. The molecule has 0 saturated heterocycles. The molecule has 0 bridgehead atoms. The molecule has 8 nitrogen and oxygen atoms in total. The van der Waals surface area contributed by atoms with Crippen LogP contribution in [0.4, 0.5) is 17.1 Å². The molecule has 0 radical (unpaired) electrons. The second-order valence-electron chi connectivity index (χ2n) is 6.03. The minimum atomic E-state index is -3.94. The first-order valence-electron chi connectivity index (χ1n) is 8.55. The molecule has 2 rings (SSSR count). The van der Waals surface area contributed by atoms with Crippen LogP contribution in [0.3, 0.4) is 0 Å². The lowest BCUT2D eigenvalue weighted by Gasteiger charge is -2.15. The summed E-state index contributed by atoms with van der Waals surface area (Å²) in [6, 6.07) is 9.11. The van der Waals surface area contributed by atoms with Crippen molar-refractivity contribution in [3.8, 4) is 5.75 Å². The summed E-state index contributed by atoms with van der Waals surface area (Å²) in [5.74, 6) is -0.177. The molecule has 0 unspecified atom stereocenters. The summed E-state index contributed by atoms with van der Waals surface area (Å²) in [5.41, 5.74) is 1.70. The van der Waals surface area contributed by atoms with Crippen molar-refractivity contribution in [2.45, 2.75) is 32.1 Å². The van der Waals surface area contributed by atoms with E-state index in [0.717, 1.165) is 0 Å². The van der Waals surface area contributed by atoms with Gasteiger partial charge < -0.3 is 15.4 Å². The Hall–Kier alpha value is -3.07. The van der Waals surface area contributed by atoms with E-state index >= 15 is 0 Å². The lowest BCUT2D eigenvalue weighted by molar-refractivity contribution is -0.116. The summed E-state index contributed by atoms with van der Waals surface area (Å²) in [4.78, 5) is 23.0. The Morgan fingerprint density at radius 1 is 1.04 bits per heavy atom. The molecule has 0 aliphatic rings. The van der Waals surface area contributed by atoms with E-state index in [1.807, 2.05) is 0 Å². The monoisotopic (exact) mass is 405 g/mol. The van der Waals surface area contributed by atoms with Gasteiger partial charge >= 0.3 is 0 Å². The molecule has 28 heavy (non-hydrogen) atoms. The van der Waals surface area contributed by atoms with E-state index in [2.05, 4.69) is 15.4 Å². The molecule has 0 saturated carbocycles. The zero-order valence-electron chi connectivity index (χ0n) is 16.1. The van der Waals surface area contributed by atoms with Gasteiger partial charge in [0.25, 0.3) is 10.0 Å². The van der Waals surface area contributed by atoms with Crippen molar-refractivity contribution in [2.75, 3.05) is 22.5 Å². The van der Waals surface area contributed by atoms with E-state index < -0.39 is 10.0 Å². The highest BCUT2D eigenvalue weighted by Crippen LogP contribution is 2.30. The molecule has 2 amide bonds. The number of rotatable bonds is 7. The van der Waals surface area contributed by atoms with Crippen LogP contribution in [-0.4, -0.2) is 27.3 Å². The van der Waals surface area contributed by atoms with Crippen LogP contribution >= 0.6 is 0 Å². The van der Waals surface area contributed by atoms with Crippen molar-refractivity contribution in [3.63, 3.8) is 0 Å². The molecule has 0 fully saturated rings. The quantitative estimate of drug-likeness (QED) is 0.655. The normalized spacial score (nSPS) is 10.9. The number of amides is 2. The fourth-order valence-corrected chi connectivity index (χ4v) is 3.61. The third-order valence-electron chi connectivity index (χ3n) is 3.97. The van der Waals surface area contributed by atoms with Crippen molar-refractivity contribution >= 4 is 38.9 Å². The first-order chi connectivity index (χ1) is 13.2. The van der Waals surface area contributed by atoms with E-state index in [9.17, 15) is 18.0 Å². The summed E-state index contributed by atoms with van der Waals surface area (Å²) in [6.45, 7) is 4.76. The number of carbonyl (C=O) groups is 2. The van der Waals surface area contributed by atoms with E-state index in [0.29, 0.717) is 29.1 Å². The molecule has 0 aliphatic heterocycles. The van der Waals surface area contributed by atoms with Gasteiger partial charge in [0.15, 0.2) is 0 Å². The lowest BCUT2D eigenvalue weighted by Crippen LogP contribution is -2.16. The largest absolute Gasteiger partial charge is 0.495 e. The van der Waals surface area contributed by atoms with Crippen molar-refractivity contribution < 1.29 is 22.7 Å². The SMILES string of the molecule is CCC(=O)Nc1cccc(NS(=O)(=O)c2ccc(OC)c(NC(C)=O)c2)c1C. The van der Waals surface area contributed by atoms with Crippen LogP contribution in [0.15, 0.2) is 41.3 Å². The molecule has 2 aromatic carbocycles. The van der Waals surface area contributed by atoms with E-state index in [1.165, 1.54) is 32.2 Å². The number of nitrogens with one attached hydrogen (secondary N) is 3. The fraction of sp³-hybridized carbons (Fsp3) is 0.263. The van der Waals surface area contributed by atoms with Gasteiger partial charge in [-0.25, -0.2) is 8.42 Å². The van der Waals surface area contributed by atoms with E-state index in [1.54, 1.807) is 32.0 Å². The number of anilines is 3. The molecular formula is C19H23N3O5S. The van der Waals surface area contributed by atoms with Gasteiger partial charge in [0.1, 0.15) is 5.75 Å². The average Bonchev–Trinajstić information content (AvgIpc) is 2.64. The minimum absolute atomic E-state index is 0.0422. The molecule has 2 aromatic rings. The Kier molecular flexibility index (Phi) is 6.63. The Morgan fingerprint density at radius 2 is 1.71 bits per heavy atom. The van der Waals surface area contributed by atoms with Crippen LogP contribution in [0, 0.1) is 6.92 Å². The first-order valence-corrected chi connectivity index (χ1v) is 10.0. The van der Waals surface area contributed by atoms with Gasteiger partial charge in [-0.15, -0.1) is 0 Å². The molecule has 150 valence electrons. The van der Waals surface area contributed by atoms with Crippen LogP contribution in [-0.2, 0) is 19.6 Å². The van der Waals surface area contributed by atoms with Gasteiger partial charge in [-0.3, -0.25) is 14.3 Å². The van der Waals surface area contributed by atoms with Crippen LogP contribution < -0.4 is 20.1 Å². The highest BCUT2D eigenvalue weighted by Gasteiger charge is 2.19. The molecule has 0 heterocycles. The van der Waals surface area contributed by atoms with E-state index in [4.69, 9.17) is 4.74 Å². The van der Waals surface area contributed by atoms with Crippen molar-refractivity contribution in [2.24, 2.45) is 0 Å². The summed E-state index contributed by atoms with van der Waals surface area (Å²) in [7, 11) is -2.52. The number of methoxy groups -OCH3 is 1. The molecule has 9 heteroatoms. The zero-order chi connectivity index (χ0) is 20.9. The summed E-state index contributed by atoms with van der Waals surface area (Å²) in [6.07, 6.45) is 0.313. The Morgan fingerprint density at radius 3 is 2.32 bits per heavy atom. The first kappa shape index (κ1) is 21.2. The van der Waals surface area contributed by atoms with Crippen LogP contribution in [0.5, 0.6) is 5.75 Å². The predicted molar refractivity (Wildman–Crippen MR) is 108 cm³/mol. The zero-order valence-corrected chi connectivity index (χ0v) is 16.9. The average molecular weight is 405 g/mol. The second kappa shape index (κ2) is 8.75. The van der Waals surface area contributed by atoms with Gasteiger partial charge in [-0.2, -0.15) is 0 Å².